The standard InChI is InChI=1S/C14H16/c1-4-7-13-9-12(6-3)10-14(11-13)8-5-2/h4-6,9-11H,1-3,7-8H2. The van der Waals surface area contributed by atoms with E-state index in [1.54, 1.807) is 0 Å². The van der Waals surface area contributed by atoms with E-state index in [0.717, 1.165) is 12.8 Å². The van der Waals surface area contributed by atoms with E-state index >= 15 is 0 Å². The van der Waals surface area contributed by atoms with Crippen LogP contribution in [0.15, 0.2) is 50.1 Å². The number of benzene rings is 1. The third-order valence-corrected chi connectivity index (χ3v) is 2.07. The summed E-state index contributed by atoms with van der Waals surface area (Å²) in [7, 11) is 0. The topological polar surface area (TPSA) is 0 Å². The van der Waals surface area contributed by atoms with E-state index in [0.29, 0.717) is 0 Å². The highest BCUT2D eigenvalue weighted by molar-refractivity contribution is 5.50. The van der Waals surface area contributed by atoms with Crippen LogP contribution in [-0.2, 0) is 12.8 Å². The molecule has 0 aromatic heterocycles. The van der Waals surface area contributed by atoms with Gasteiger partial charge in [0.05, 0.1) is 0 Å². The van der Waals surface area contributed by atoms with Crippen LogP contribution in [0, 0.1) is 0 Å². The van der Waals surface area contributed by atoms with Gasteiger partial charge in [-0.3, -0.25) is 0 Å². The van der Waals surface area contributed by atoms with Gasteiger partial charge in [-0.05, 0) is 29.5 Å². The van der Waals surface area contributed by atoms with Gasteiger partial charge in [0.15, 0.2) is 0 Å². The van der Waals surface area contributed by atoms with Crippen LogP contribution < -0.4 is 0 Å². The van der Waals surface area contributed by atoms with E-state index in [1.807, 2.05) is 18.2 Å². The maximum absolute atomic E-state index is 3.78. The molecule has 0 amide bonds. The Balaban J connectivity index is 3.05. The van der Waals surface area contributed by atoms with E-state index in [9.17, 15) is 0 Å². The van der Waals surface area contributed by atoms with Gasteiger partial charge in [-0.15, -0.1) is 13.2 Å². The number of hydrogen-bond donors (Lipinski definition) is 0. The normalized spacial score (nSPS) is 9.43. The molecule has 0 fully saturated rings. The van der Waals surface area contributed by atoms with E-state index in [4.69, 9.17) is 0 Å². The van der Waals surface area contributed by atoms with E-state index in [-0.39, 0.29) is 0 Å². The van der Waals surface area contributed by atoms with Crippen LogP contribution in [0.4, 0.5) is 0 Å². The third kappa shape index (κ3) is 2.74. The monoisotopic (exact) mass is 184 g/mol. The van der Waals surface area contributed by atoms with Crippen molar-refractivity contribution in [2.45, 2.75) is 12.8 Å². The van der Waals surface area contributed by atoms with E-state index < -0.39 is 0 Å². The number of rotatable bonds is 5. The van der Waals surface area contributed by atoms with Crippen LogP contribution in [0.3, 0.4) is 0 Å². The Kier molecular flexibility index (Phi) is 3.93. The van der Waals surface area contributed by atoms with Crippen molar-refractivity contribution < 1.29 is 0 Å². The Hall–Kier alpha value is -1.56. The van der Waals surface area contributed by atoms with Crippen LogP contribution in [0.5, 0.6) is 0 Å². The minimum atomic E-state index is 0.909. The average Bonchev–Trinajstić information content (AvgIpc) is 2.18. The maximum atomic E-state index is 3.78. The second-order valence-corrected chi connectivity index (χ2v) is 3.27. The number of hydrogen-bond acceptors (Lipinski definition) is 0. The van der Waals surface area contributed by atoms with E-state index in [1.165, 1.54) is 16.7 Å². The van der Waals surface area contributed by atoms with Gasteiger partial charge in [0.2, 0.25) is 0 Å². The number of allylic oxidation sites excluding steroid dienone is 2. The van der Waals surface area contributed by atoms with Gasteiger partial charge in [0.25, 0.3) is 0 Å². The molecule has 14 heavy (non-hydrogen) atoms. The second-order valence-electron chi connectivity index (χ2n) is 3.27. The van der Waals surface area contributed by atoms with Crippen molar-refractivity contribution in [1.29, 1.82) is 0 Å². The SMILES string of the molecule is C=CCc1cc(C=C)cc(CC=C)c1. The molecule has 0 spiro atoms. The van der Waals surface area contributed by atoms with Crippen molar-refractivity contribution in [2.24, 2.45) is 0 Å². The highest BCUT2D eigenvalue weighted by Crippen LogP contribution is 2.13. The molecule has 0 atom stereocenters. The van der Waals surface area contributed by atoms with Gasteiger partial charge in [0, 0.05) is 0 Å². The third-order valence-electron chi connectivity index (χ3n) is 2.07. The molecule has 0 unspecified atom stereocenters. The van der Waals surface area contributed by atoms with Gasteiger partial charge in [-0.25, -0.2) is 0 Å². The summed E-state index contributed by atoms with van der Waals surface area (Å²) in [6, 6.07) is 6.47. The summed E-state index contributed by atoms with van der Waals surface area (Å²) in [4.78, 5) is 0. The molecule has 72 valence electrons. The summed E-state index contributed by atoms with van der Waals surface area (Å²) >= 11 is 0. The minimum Gasteiger partial charge on any atom is -0.103 e. The first-order valence-electron chi connectivity index (χ1n) is 4.77. The summed E-state index contributed by atoms with van der Waals surface area (Å²) in [5, 5.41) is 0. The molecular weight excluding hydrogens is 168 g/mol. The summed E-state index contributed by atoms with van der Waals surface area (Å²) in [5.41, 5.74) is 3.74. The first-order chi connectivity index (χ1) is 6.80. The van der Waals surface area contributed by atoms with Gasteiger partial charge < -0.3 is 0 Å². The van der Waals surface area contributed by atoms with Crippen LogP contribution in [0.1, 0.15) is 16.7 Å². The van der Waals surface area contributed by atoms with Crippen molar-refractivity contribution in [3.63, 3.8) is 0 Å². The van der Waals surface area contributed by atoms with Crippen molar-refractivity contribution in [1.82, 2.24) is 0 Å². The van der Waals surface area contributed by atoms with Crippen LogP contribution in [0.2, 0.25) is 0 Å². The minimum absolute atomic E-state index is 0.909. The molecule has 0 aliphatic rings. The smallest absolute Gasteiger partial charge is 0.00998 e. The molecule has 0 aliphatic carbocycles. The zero-order valence-corrected chi connectivity index (χ0v) is 8.50. The zero-order chi connectivity index (χ0) is 10.4. The van der Waals surface area contributed by atoms with Crippen molar-refractivity contribution >= 4 is 6.08 Å². The van der Waals surface area contributed by atoms with Crippen molar-refractivity contribution in [3.8, 4) is 0 Å². The molecule has 0 radical (unpaired) electrons. The van der Waals surface area contributed by atoms with Crippen LogP contribution in [0.25, 0.3) is 6.08 Å². The highest BCUT2D eigenvalue weighted by Gasteiger charge is 1.96. The van der Waals surface area contributed by atoms with Gasteiger partial charge in [-0.2, -0.15) is 0 Å². The lowest BCUT2D eigenvalue weighted by atomic mass is 10.0. The predicted molar refractivity (Wildman–Crippen MR) is 64.3 cm³/mol. The van der Waals surface area contributed by atoms with Crippen LogP contribution in [-0.4, -0.2) is 0 Å². The summed E-state index contributed by atoms with van der Waals surface area (Å²) in [6.45, 7) is 11.3. The molecule has 0 heteroatoms. The average molecular weight is 184 g/mol. The lowest BCUT2D eigenvalue weighted by molar-refractivity contribution is 1.20. The Morgan fingerprint density at radius 2 is 1.36 bits per heavy atom. The molecule has 0 bridgehead atoms. The van der Waals surface area contributed by atoms with E-state index in [2.05, 4.69) is 37.9 Å². The fourth-order valence-electron chi connectivity index (χ4n) is 1.48. The molecule has 1 aromatic rings. The second kappa shape index (κ2) is 5.23. The molecule has 0 saturated carbocycles. The lowest BCUT2D eigenvalue weighted by Crippen LogP contribution is -1.88. The van der Waals surface area contributed by atoms with Crippen molar-refractivity contribution in [3.05, 3.63) is 66.8 Å². The molecular formula is C14H16. The molecule has 1 aromatic carbocycles. The predicted octanol–water partition coefficient (Wildman–Crippen LogP) is 3.79. The quantitative estimate of drug-likeness (QED) is 0.611. The Morgan fingerprint density at radius 3 is 1.71 bits per heavy atom. The van der Waals surface area contributed by atoms with Crippen LogP contribution >= 0.6 is 0 Å². The Morgan fingerprint density at radius 1 is 0.857 bits per heavy atom. The molecule has 1 rings (SSSR count). The summed E-state index contributed by atoms with van der Waals surface area (Å²) in [6.07, 6.45) is 7.52. The molecule has 0 saturated heterocycles. The fraction of sp³-hybridized carbons (Fsp3) is 0.143. The molecule has 0 N–H and O–H groups in total. The fourth-order valence-corrected chi connectivity index (χ4v) is 1.48. The molecule has 0 nitrogen and oxygen atoms in total. The highest BCUT2D eigenvalue weighted by atomic mass is 14.0. The first kappa shape index (κ1) is 10.5. The first-order valence-corrected chi connectivity index (χ1v) is 4.77. The van der Waals surface area contributed by atoms with Gasteiger partial charge in [-0.1, -0.05) is 43.0 Å². The van der Waals surface area contributed by atoms with Gasteiger partial charge in [0.1, 0.15) is 0 Å². The molecule has 0 heterocycles. The van der Waals surface area contributed by atoms with Crippen molar-refractivity contribution in [2.75, 3.05) is 0 Å². The largest absolute Gasteiger partial charge is 0.103 e. The Labute approximate surface area is 86.3 Å². The Bertz CT molecular complexity index is 317. The molecule has 0 aliphatic heterocycles. The van der Waals surface area contributed by atoms with Gasteiger partial charge >= 0.3 is 0 Å². The maximum Gasteiger partial charge on any atom is -0.00998 e. The zero-order valence-electron chi connectivity index (χ0n) is 8.50. The lowest BCUT2D eigenvalue weighted by Gasteiger charge is -2.04. The summed E-state index contributed by atoms with van der Waals surface area (Å²) in [5.74, 6) is 0. The summed E-state index contributed by atoms with van der Waals surface area (Å²) < 4.78 is 0.